The number of piperidine rings is 1. The second-order valence-electron chi connectivity index (χ2n) is 6.82. The second kappa shape index (κ2) is 8.07. The van der Waals surface area contributed by atoms with Crippen LogP contribution in [0.2, 0.25) is 0 Å². The molecule has 142 valence electrons. The Labute approximate surface area is 158 Å². The quantitative estimate of drug-likeness (QED) is 0.871. The van der Waals surface area contributed by atoms with Crippen molar-refractivity contribution in [3.05, 3.63) is 53.9 Å². The van der Waals surface area contributed by atoms with E-state index in [1.165, 1.54) is 12.3 Å². The molecule has 1 aromatic carbocycles. The van der Waals surface area contributed by atoms with Crippen molar-refractivity contribution in [1.29, 1.82) is 0 Å². The molecule has 0 saturated carbocycles. The molecular formula is C20H24N4O3. The normalized spacial score (nSPS) is 16.7. The second-order valence-corrected chi connectivity index (χ2v) is 6.82. The molecule has 27 heavy (non-hydrogen) atoms. The summed E-state index contributed by atoms with van der Waals surface area (Å²) in [5, 5.41) is 0. The van der Waals surface area contributed by atoms with Gasteiger partial charge in [0.05, 0.1) is 6.54 Å². The van der Waals surface area contributed by atoms with Crippen LogP contribution in [0.5, 0.6) is 5.75 Å². The Bertz CT molecular complexity index is 837. The van der Waals surface area contributed by atoms with Crippen LogP contribution in [0.1, 0.15) is 33.7 Å². The van der Waals surface area contributed by atoms with Crippen molar-refractivity contribution >= 4 is 17.5 Å². The van der Waals surface area contributed by atoms with Crippen molar-refractivity contribution in [2.75, 3.05) is 32.1 Å². The lowest BCUT2D eigenvalue weighted by Crippen LogP contribution is -2.44. The van der Waals surface area contributed by atoms with Crippen LogP contribution in [0.4, 0.5) is 5.69 Å². The van der Waals surface area contributed by atoms with Crippen LogP contribution in [0.3, 0.4) is 0 Å². The number of anilines is 1. The number of pyridine rings is 1. The molecule has 1 unspecified atom stereocenters. The molecule has 1 atom stereocenters. The summed E-state index contributed by atoms with van der Waals surface area (Å²) in [7, 11) is 3.90. The molecule has 2 heterocycles. The van der Waals surface area contributed by atoms with Gasteiger partial charge in [-0.25, -0.2) is 0 Å². The van der Waals surface area contributed by atoms with E-state index in [0.717, 1.165) is 18.5 Å². The monoisotopic (exact) mass is 368 g/mol. The third-order valence-corrected chi connectivity index (χ3v) is 4.56. The van der Waals surface area contributed by atoms with Gasteiger partial charge < -0.3 is 20.3 Å². The van der Waals surface area contributed by atoms with Crippen molar-refractivity contribution in [3.63, 3.8) is 0 Å². The Morgan fingerprint density at radius 3 is 2.81 bits per heavy atom. The summed E-state index contributed by atoms with van der Waals surface area (Å²) in [5.41, 5.74) is 7.08. The Morgan fingerprint density at radius 2 is 2.07 bits per heavy atom. The Hall–Kier alpha value is -3.09. The molecule has 0 spiro atoms. The average molecular weight is 368 g/mol. The molecule has 7 heteroatoms. The van der Waals surface area contributed by atoms with Gasteiger partial charge in [0.2, 0.25) is 0 Å². The van der Waals surface area contributed by atoms with Crippen LogP contribution in [-0.4, -0.2) is 55.0 Å². The third kappa shape index (κ3) is 4.55. The van der Waals surface area contributed by atoms with Crippen LogP contribution in [0.25, 0.3) is 0 Å². The third-order valence-electron chi connectivity index (χ3n) is 4.56. The van der Waals surface area contributed by atoms with Crippen molar-refractivity contribution in [2.24, 2.45) is 5.73 Å². The van der Waals surface area contributed by atoms with E-state index in [0.29, 0.717) is 24.4 Å². The number of likely N-dealkylation sites (tertiary alicyclic amines) is 1. The number of rotatable bonds is 5. The molecule has 2 aromatic rings. The van der Waals surface area contributed by atoms with Crippen molar-refractivity contribution in [2.45, 2.75) is 18.9 Å². The van der Waals surface area contributed by atoms with E-state index in [1.54, 1.807) is 6.07 Å². The van der Waals surface area contributed by atoms with Gasteiger partial charge in [0.1, 0.15) is 17.5 Å². The lowest BCUT2D eigenvalue weighted by atomic mass is 10.1. The van der Waals surface area contributed by atoms with E-state index < -0.39 is 5.91 Å². The average Bonchev–Trinajstić information content (AvgIpc) is 2.68. The van der Waals surface area contributed by atoms with Crippen molar-refractivity contribution < 1.29 is 14.3 Å². The highest BCUT2D eigenvalue weighted by molar-refractivity contribution is 5.95. The first-order chi connectivity index (χ1) is 12.9. The minimum Gasteiger partial charge on any atom is -0.488 e. The SMILES string of the molecule is CN(C)c1cccc(C(=O)N2CCCC(Oc3ccnc(C(N)=O)c3)C2)c1. The predicted molar refractivity (Wildman–Crippen MR) is 103 cm³/mol. The summed E-state index contributed by atoms with van der Waals surface area (Å²) in [4.78, 5) is 31.9. The molecule has 0 radical (unpaired) electrons. The van der Waals surface area contributed by atoms with Gasteiger partial charge in [0, 0.05) is 44.2 Å². The number of primary amides is 1. The summed E-state index contributed by atoms with van der Waals surface area (Å²) < 4.78 is 5.97. The Balaban J connectivity index is 1.69. The van der Waals surface area contributed by atoms with Gasteiger partial charge in [-0.1, -0.05) is 6.07 Å². The first kappa shape index (κ1) is 18.7. The van der Waals surface area contributed by atoms with Gasteiger partial charge in [-0.3, -0.25) is 14.6 Å². The number of hydrogen-bond donors (Lipinski definition) is 1. The number of carbonyl (C=O) groups is 2. The minimum absolute atomic E-state index is 0.000414. The molecule has 3 rings (SSSR count). The maximum atomic E-state index is 12.9. The zero-order valence-corrected chi connectivity index (χ0v) is 15.6. The number of hydrogen-bond acceptors (Lipinski definition) is 5. The van der Waals surface area contributed by atoms with Crippen LogP contribution < -0.4 is 15.4 Å². The number of nitrogens with two attached hydrogens (primary N) is 1. The van der Waals surface area contributed by atoms with Gasteiger partial charge in [-0.2, -0.15) is 0 Å². The zero-order chi connectivity index (χ0) is 19.4. The minimum atomic E-state index is -0.596. The number of nitrogens with zero attached hydrogens (tertiary/aromatic N) is 3. The first-order valence-corrected chi connectivity index (χ1v) is 8.93. The lowest BCUT2D eigenvalue weighted by molar-refractivity contribution is 0.0537. The molecule has 1 fully saturated rings. The van der Waals surface area contributed by atoms with E-state index in [4.69, 9.17) is 10.5 Å². The van der Waals surface area contributed by atoms with Crippen LogP contribution in [0, 0.1) is 0 Å². The number of aromatic nitrogens is 1. The molecular weight excluding hydrogens is 344 g/mol. The fourth-order valence-electron chi connectivity index (χ4n) is 3.13. The molecule has 1 aliphatic heterocycles. The van der Waals surface area contributed by atoms with E-state index in [9.17, 15) is 9.59 Å². The van der Waals surface area contributed by atoms with Crippen LogP contribution in [0.15, 0.2) is 42.6 Å². The van der Waals surface area contributed by atoms with Crippen LogP contribution in [-0.2, 0) is 0 Å². The predicted octanol–water partition coefficient (Wildman–Crippen LogP) is 1.93. The van der Waals surface area contributed by atoms with Crippen molar-refractivity contribution in [1.82, 2.24) is 9.88 Å². The fraction of sp³-hybridized carbons (Fsp3) is 0.350. The van der Waals surface area contributed by atoms with Gasteiger partial charge >= 0.3 is 0 Å². The summed E-state index contributed by atoms with van der Waals surface area (Å²) in [6.45, 7) is 1.20. The van der Waals surface area contributed by atoms with E-state index in [2.05, 4.69) is 4.98 Å². The zero-order valence-electron chi connectivity index (χ0n) is 15.6. The Morgan fingerprint density at radius 1 is 1.26 bits per heavy atom. The highest BCUT2D eigenvalue weighted by atomic mass is 16.5. The summed E-state index contributed by atoms with van der Waals surface area (Å²) in [5.74, 6) is -0.0612. The molecule has 0 aliphatic carbocycles. The van der Waals surface area contributed by atoms with Gasteiger partial charge in [-0.15, -0.1) is 0 Å². The largest absolute Gasteiger partial charge is 0.488 e. The van der Waals surface area contributed by atoms with E-state index in [-0.39, 0.29) is 17.7 Å². The maximum absolute atomic E-state index is 12.9. The van der Waals surface area contributed by atoms with Crippen LogP contribution >= 0.6 is 0 Å². The molecule has 0 bridgehead atoms. The molecule has 1 aromatic heterocycles. The number of benzene rings is 1. The first-order valence-electron chi connectivity index (χ1n) is 8.93. The molecule has 2 N–H and O–H groups in total. The Kier molecular flexibility index (Phi) is 5.59. The fourth-order valence-corrected chi connectivity index (χ4v) is 3.13. The topological polar surface area (TPSA) is 88.8 Å². The van der Waals surface area contributed by atoms with Gasteiger partial charge in [0.15, 0.2) is 0 Å². The molecule has 2 amide bonds. The molecule has 1 saturated heterocycles. The maximum Gasteiger partial charge on any atom is 0.267 e. The molecule has 7 nitrogen and oxygen atoms in total. The standard InChI is InChI=1S/C20H24N4O3/c1-23(2)15-6-3-5-14(11-15)20(26)24-10-4-7-17(13-24)27-16-8-9-22-18(12-16)19(21)25/h3,5-6,8-9,11-12,17H,4,7,10,13H2,1-2H3,(H2,21,25). The van der Waals surface area contributed by atoms with Gasteiger partial charge in [0.25, 0.3) is 11.8 Å². The van der Waals surface area contributed by atoms with E-state index >= 15 is 0 Å². The highest BCUT2D eigenvalue weighted by Crippen LogP contribution is 2.21. The molecule has 1 aliphatic rings. The number of carbonyl (C=O) groups excluding carboxylic acids is 2. The van der Waals surface area contributed by atoms with E-state index in [1.807, 2.05) is 48.2 Å². The number of amides is 2. The lowest BCUT2D eigenvalue weighted by Gasteiger charge is -2.33. The van der Waals surface area contributed by atoms with Crippen molar-refractivity contribution in [3.8, 4) is 5.75 Å². The smallest absolute Gasteiger partial charge is 0.267 e. The highest BCUT2D eigenvalue weighted by Gasteiger charge is 2.26. The summed E-state index contributed by atoms with van der Waals surface area (Å²) >= 11 is 0. The summed E-state index contributed by atoms with van der Waals surface area (Å²) in [6.07, 6.45) is 3.06. The number of ether oxygens (including phenoxy) is 1. The van der Waals surface area contributed by atoms with Gasteiger partial charge in [-0.05, 0) is 37.1 Å². The summed E-state index contributed by atoms with van der Waals surface area (Å²) in [6, 6.07) is 10.8.